The van der Waals surface area contributed by atoms with Crippen LogP contribution in [0.15, 0.2) is 29.4 Å². The molecule has 27 heavy (non-hydrogen) atoms. The highest BCUT2D eigenvalue weighted by Crippen LogP contribution is 2.35. The summed E-state index contributed by atoms with van der Waals surface area (Å²) in [6.07, 6.45) is 4.38. The van der Waals surface area contributed by atoms with Crippen LogP contribution < -0.4 is 4.90 Å². The molecule has 1 aliphatic heterocycles. The number of sulfone groups is 1. The summed E-state index contributed by atoms with van der Waals surface area (Å²) in [5.74, 6) is 1.20. The van der Waals surface area contributed by atoms with Gasteiger partial charge < -0.3 is 9.47 Å². The van der Waals surface area contributed by atoms with Gasteiger partial charge in [0.15, 0.2) is 9.84 Å². The Labute approximate surface area is 158 Å². The van der Waals surface area contributed by atoms with Crippen molar-refractivity contribution >= 4 is 21.2 Å². The van der Waals surface area contributed by atoms with E-state index >= 15 is 0 Å². The van der Waals surface area contributed by atoms with Crippen LogP contribution in [0.2, 0.25) is 0 Å². The van der Waals surface area contributed by atoms with Crippen LogP contribution in [0.5, 0.6) is 0 Å². The molecule has 2 aromatic rings. The molecule has 2 heterocycles. The zero-order valence-electron chi connectivity index (χ0n) is 15.6. The standard InChI is InChI=1S/C17H23N5O4S/c1-12(2)21-11-18-19-17(21)13-6-8-20(9-7-13)15-5-4-14(27(3,25)26)10-16(15)22(23)24/h4-5,10-13H,6-9H2,1-3H3. The van der Waals surface area contributed by atoms with E-state index in [1.807, 2.05) is 4.90 Å². The number of hydrogen-bond donors (Lipinski definition) is 0. The summed E-state index contributed by atoms with van der Waals surface area (Å²) in [5.41, 5.74) is 0.276. The molecule has 1 aliphatic rings. The molecule has 0 saturated carbocycles. The third kappa shape index (κ3) is 3.95. The summed E-state index contributed by atoms with van der Waals surface area (Å²) in [4.78, 5) is 12.9. The second kappa shape index (κ2) is 7.26. The van der Waals surface area contributed by atoms with Gasteiger partial charge in [-0.15, -0.1) is 10.2 Å². The zero-order valence-corrected chi connectivity index (χ0v) is 16.4. The van der Waals surface area contributed by atoms with Crippen molar-refractivity contribution in [2.24, 2.45) is 0 Å². The Morgan fingerprint density at radius 2 is 1.93 bits per heavy atom. The van der Waals surface area contributed by atoms with Crippen LogP contribution in [-0.4, -0.2) is 47.5 Å². The highest BCUT2D eigenvalue weighted by molar-refractivity contribution is 7.90. The number of nitro benzene ring substituents is 1. The van der Waals surface area contributed by atoms with Gasteiger partial charge in [0.25, 0.3) is 5.69 Å². The van der Waals surface area contributed by atoms with E-state index in [0.717, 1.165) is 31.0 Å². The van der Waals surface area contributed by atoms with E-state index in [4.69, 9.17) is 0 Å². The van der Waals surface area contributed by atoms with E-state index in [2.05, 4.69) is 28.6 Å². The highest BCUT2D eigenvalue weighted by atomic mass is 32.2. The summed E-state index contributed by atoms with van der Waals surface area (Å²) >= 11 is 0. The Hall–Kier alpha value is -2.49. The minimum atomic E-state index is -3.50. The van der Waals surface area contributed by atoms with Gasteiger partial charge in [-0.25, -0.2) is 8.42 Å². The van der Waals surface area contributed by atoms with Crippen LogP contribution in [-0.2, 0) is 9.84 Å². The van der Waals surface area contributed by atoms with Gasteiger partial charge in [-0.1, -0.05) is 0 Å². The largest absolute Gasteiger partial charge is 0.366 e. The smallest absolute Gasteiger partial charge is 0.293 e. The molecule has 1 aromatic heterocycles. The number of anilines is 1. The van der Waals surface area contributed by atoms with Gasteiger partial charge in [0.1, 0.15) is 17.8 Å². The molecule has 0 unspecified atom stereocenters. The fourth-order valence-corrected chi connectivity index (χ4v) is 4.11. The third-order valence-corrected chi connectivity index (χ3v) is 6.04. The minimum Gasteiger partial charge on any atom is -0.366 e. The number of rotatable bonds is 5. The lowest BCUT2D eigenvalue weighted by molar-refractivity contribution is -0.384. The molecule has 0 N–H and O–H groups in total. The van der Waals surface area contributed by atoms with Gasteiger partial charge in [0.2, 0.25) is 0 Å². The van der Waals surface area contributed by atoms with Crippen molar-refractivity contribution in [2.45, 2.75) is 43.5 Å². The fraction of sp³-hybridized carbons (Fsp3) is 0.529. The molecular formula is C17H23N5O4S. The monoisotopic (exact) mass is 393 g/mol. The SMILES string of the molecule is CC(C)n1cnnc1C1CCN(c2ccc(S(C)(=O)=O)cc2[N+](=O)[O-])CC1. The first-order valence-electron chi connectivity index (χ1n) is 8.81. The predicted molar refractivity (Wildman–Crippen MR) is 101 cm³/mol. The van der Waals surface area contributed by atoms with Gasteiger partial charge >= 0.3 is 0 Å². The van der Waals surface area contributed by atoms with Crippen molar-refractivity contribution in [2.75, 3.05) is 24.2 Å². The topological polar surface area (TPSA) is 111 Å². The second-order valence-electron chi connectivity index (χ2n) is 7.13. The second-order valence-corrected chi connectivity index (χ2v) is 9.15. The van der Waals surface area contributed by atoms with Crippen LogP contribution in [0.3, 0.4) is 0 Å². The van der Waals surface area contributed by atoms with E-state index in [9.17, 15) is 18.5 Å². The van der Waals surface area contributed by atoms with Crippen LogP contribution in [0, 0.1) is 10.1 Å². The van der Waals surface area contributed by atoms with Crippen LogP contribution in [0.4, 0.5) is 11.4 Å². The van der Waals surface area contributed by atoms with Gasteiger partial charge in [-0.05, 0) is 38.8 Å². The number of hydrogen-bond acceptors (Lipinski definition) is 7. The molecule has 1 saturated heterocycles. The van der Waals surface area contributed by atoms with Crippen molar-refractivity contribution in [3.8, 4) is 0 Å². The van der Waals surface area contributed by atoms with Gasteiger partial charge in [0, 0.05) is 37.4 Å². The van der Waals surface area contributed by atoms with Crippen molar-refractivity contribution in [1.82, 2.24) is 14.8 Å². The predicted octanol–water partition coefficient (Wildman–Crippen LogP) is 2.55. The maximum Gasteiger partial charge on any atom is 0.293 e. The van der Waals surface area contributed by atoms with Crippen molar-refractivity contribution in [3.63, 3.8) is 0 Å². The van der Waals surface area contributed by atoms with Crippen LogP contribution in [0.25, 0.3) is 0 Å². The molecule has 146 valence electrons. The molecule has 0 bridgehead atoms. The maximum absolute atomic E-state index is 11.7. The van der Waals surface area contributed by atoms with Gasteiger partial charge in [-0.3, -0.25) is 10.1 Å². The van der Waals surface area contributed by atoms with Crippen molar-refractivity contribution in [3.05, 3.63) is 40.5 Å². The van der Waals surface area contributed by atoms with Gasteiger partial charge in [0.05, 0.1) is 9.82 Å². The van der Waals surface area contributed by atoms with E-state index in [-0.39, 0.29) is 22.5 Å². The summed E-state index contributed by atoms with van der Waals surface area (Å²) in [6.45, 7) is 5.42. The number of piperidine rings is 1. The Kier molecular flexibility index (Phi) is 5.18. The third-order valence-electron chi connectivity index (χ3n) is 4.93. The lowest BCUT2D eigenvalue weighted by Crippen LogP contribution is -2.34. The van der Waals surface area contributed by atoms with E-state index in [1.165, 1.54) is 12.1 Å². The molecule has 0 atom stereocenters. The highest BCUT2D eigenvalue weighted by Gasteiger charge is 2.29. The lowest BCUT2D eigenvalue weighted by atomic mass is 9.95. The summed E-state index contributed by atoms with van der Waals surface area (Å²) in [5, 5.41) is 19.8. The van der Waals surface area contributed by atoms with E-state index < -0.39 is 14.8 Å². The van der Waals surface area contributed by atoms with Crippen molar-refractivity contribution < 1.29 is 13.3 Å². The molecule has 9 nitrogen and oxygen atoms in total. The summed E-state index contributed by atoms with van der Waals surface area (Å²) < 4.78 is 25.5. The van der Waals surface area contributed by atoms with Gasteiger partial charge in [-0.2, -0.15) is 0 Å². The fourth-order valence-electron chi connectivity index (χ4n) is 3.47. The van der Waals surface area contributed by atoms with Crippen LogP contribution in [0.1, 0.15) is 44.5 Å². The van der Waals surface area contributed by atoms with Crippen LogP contribution >= 0.6 is 0 Å². The normalized spacial score (nSPS) is 16.1. The van der Waals surface area contributed by atoms with E-state index in [1.54, 1.807) is 6.33 Å². The number of nitro groups is 1. The number of aromatic nitrogens is 3. The Morgan fingerprint density at radius 3 is 2.48 bits per heavy atom. The van der Waals surface area contributed by atoms with Crippen molar-refractivity contribution in [1.29, 1.82) is 0 Å². The quantitative estimate of drug-likeness (QED) is 0.567. The average molecular weight is 393 g/mol. The number of benzene rings is 1. The Morgan fingerprint density at radius 1 is 1.26 bits per heavy atom. The molecule has 0 radical (unpaired) electrons. The Balaban J connectivity index is 1.82. The first-order chi connectivity index (χ1) is 12.7. The molecule has 1 aromatic carbocycles. The molecule has 0 aliphatic carbocycles. The molecule has 0 amide bonds. The first-order valence-corrected chi connectivity index (χ1v) is 10.7. The molecule has 0 spiro atoms. The Bertz CT molecular complexity index is 946. The molecule has 10 heteroatoms. The average Bonchev–Trinajstić information content (AvgIpc) is 3.10. The molecular weight excluding hydrogens is 370 g/mol. The molecule has 1 fully saturated rings. The molecule has 3 rings (SSSR count). The zero-order chi connectivity index (χ0) is 19.8. The lowest BCUT2D eigenvalue weighted by Gasteiger charge is -2.33. The minimum absolute atomic E-state index is 0.0436. The summed E-state index contributed by atoms with van der Waals surface area (Å²) in [7, 11) is -3.50. The summed E-state index contributed by atoms with van der Waals surface area (Å²) in [6, 6.07) is 4.38. The maximum atomic E-state index is 11.7. The van der Waals surface area contributed by atoms with E-state index in [0.29, 0.717) is 18.8 Å². The number of nitrogens with zero attached hydrogens (tertiary/aromatic N) is 5. The first kappa shape index (κ1) is 19.3.